The fourth-order valence-corrected chi connectivity index (χ4v) is 2.84. The van der Waals surface area contributed by atoms with Crippen molar-refractivity contribution in [1.82, 2.24) is 0 Å². The van der Waals surface area contributed by atoms with E-state index in [-0.39, 0.29) is 22.2 Å². The Morgan fingerprint density at radius 3 is 2.67 bits per heavy atom. The number of hydrogen-bond acceptors (Lipinski definition) is 4. The van der Waals surface area contributed by atoms with E-state index in [1.165, 1.54) is 25.1 Å². The molecule has 1 atom stereocenters. The molecule has 7 nitrogen and oxygen atoms in total. The summed E-state index contributed by atoms with van der Waals surface area (Å²) in [5.41, 5.74) is 9.29. The molecule has 1 aromatic carbocycles. The molecule has 0 aromatic heterocycles. The van der Waals surface area contributed by atoms with Gasteiger partial charge in [0.2, 0.25) is 15.3 Å². The number of benzene rings is 1. The van der Waals surface area contributed by atoms with Gasteiger partial charge in [-0.2, -0.15) is 4.99 Å². The van der Waals surface area contributed by atoms with Crippen molar-refractivity contribution in [2.45, 2.75) is 17.3 Å². The van der Waals surface area contributed by atoms with E-state index in [0.717, 1.165) is 0 Å². The molecule has 1 aliphatic heterocycles. The minimum atomic E-state index is -3.55. The summed E-state index contributed by atoms with van der Waals surface area (Å²) in [4.78, 5) is 14.9. The van der Waals surface area contributed by atoms with Crippen LogP contribution in [0.15, 0.2) is 28.1 Å². The fourth-order valence-electron chi connectivity index (χ4n) is 1.56. The Morgan fingerprint density at radius 2 is 2.06 bits per heavy atom. The minimum absolute atomic E-state index is 0.0216. The van der Waals surface area contributed by atoms with Crippen molar-refractivity contribution < 1.29 is 17.9 Å². The standard InChI is InChI=1S/C10H11N3O4S/c1-5-17-7-3-2-6(9(14)13-10(11)12)4-8(7)18(5,15)16/h2-5H,1H3,(H4,11,12,13,14). The van der Waals surface area contributed by atoms with E-state index < -0.39 is 21.2 Å². The Morgan fingerprint density at radius 1 is 1.39 bits per heavy atom. The Bertz CT molecular complexity index is 647. The van der Waals surface area contributed by atoms with E-state index >= 15 is 0 Å². The number of rotatable bonds is 1. The van der Waals surface area contributed by atoms with Gasteiger partial charge in [0.15, 0.2) is 5.96 Å². The van der Waals surface area contributed by atoms with Crippen LogP contribution >= 0.6 is 0 Å². The molecule has 1 aliphatic rings. The van der Waals surface area contributed by atoms with E-state index in [9.17, 15) is 13.2 Å². The summed E-state index contributed by atoms with van der Waals surface area (Å²) in [7, 11) is -3.55. The van der Waals surface area contributed by atoms with E-state index in [1.54, 1.807) is 0 Å². The number of sulfone groups is 1. The van der Waals surface area contributed by atoms with Crippen LogP contribution in [-0.2, 0) is 9.84 Å². The van der Waals surface area contributed by atoms with Crippen molar-refractivity contribution in [2.24, 2.45) is 16.5 Å². The summed E-state index contributed by atoms with van der Waals surface area (Å²) in [5, 5.41) is 0. The smallest absolute Gasteiger partial charge is 0.280 e. The van der Waals surface area contributed by atoms with Gasteiger partial charge in [0.25, 0.3) is 5.91 Å². The normalized spacial score (nSPS) is 19.7. The van der Waals surface area contributed by atoms with Crippen molar-refractivity contribution in [1.29, 1.82) is 0 Å². The summed E-state index contributed by atoms with van der Waals surface area (Å²) in [5.74, 6) is -0.857. The molecule has 0 bridgehead atoms. The number of nitrogens with zero attached hydrogens (tertiary/aromatic N) is 1. The van der Waals surface area contributed by atoms with Gasteiger partial charge < -0.3 is 16.2 Å². The quantitative estimate of drug-likeness (QED) is 0.528. The van der Waals surface area contributed by atoms with Crippen molar-refractivity contribution >= 4 is 21.7 Å². The number of amides is 1. The van der Waals surface area contributed by atoms with E-state index in [0.29, 0.717) is 0 Å². The van der Waals surface area contributed by atoms with Crippen molar-refractivity contribution in [2.75, 3.05) is 0 Å². The van der Waals surface area contributed by atoms with Crippen LogP contribution in [-0.4, -0.2) is 25.7 Å². The third-order valence-electron chi connectivity index (χ3n) is 2.46. The molecule has 0 spiro atoms. The van der Waals surface area contributed by atoms with Crippen LogP contribution < -0.4 is 16.2 Å². The number of nitrogens with two attached hydrogens (primary N) is 2. The second-order valence-electron chi connectivity index (χ2n) is 3.73. The van der Waals surface area contributed by atoms with Crippen molar-refractivity contribution in [3.05, 3.63) is 23.8 Å². The van der Waals surface area contributed by atoms with Crippen LogP contribution in [0.2, 0.25) is 0 Å². The molecule has 96 valence electrons. The summed E-state index contributed by atoms with van der Waals surface area (Å²) >= 11 is 0. The third kappa shape index (κ3) is 1.90. The fraction of sp³-hybridized carbons (Fsp3) is 0.200. The topological polar surface area (TPSA) is 125 Å². The number of guanidine groups is 1. The molecule has 18 heavy (non-hydrogen) atoms. The highest BCUT2D eigenvalue weighted by Crippen LogP contribution is 2.35. The van der Waals surface area contributed by atoms with Gasteiger partial charge in [-0.1, -0.05) is 0 Å². The molecule has 1 amide bonds. The zero-order chi connectivity index (χ0) is 13.5. The van der Waals surface area contributed by atoms with Gasteiger partial charge in [-0.15, -0.1) is 0 Å². The first-order valence-electron chi connectivity index (χ1n) is 5.01. The first kappa shape index (κ1) is 12.4. The van der Waals surface area contributed by atoms with Crippen LogP contribution in [0, 0.1) is 0 Å². The molecule has 0 radical (unpaired) electrons. The zero-order valence-corrected chi connectivity index (χ0v) is 10.3. The number of carbonyl (C=O) groups is 1. The molecule has 4 N–H and O–H groups in total. The number of ether oxygens (including phenoxy) is 1. The lowest BCUT2D eigenvalue weighted by Crippen LogP contribution is -2.24. The largest absolute Gasteiger partial charge is 0.473 e. The second-order valence-corrected chi connectivity index (χ2v) is 5.93. The predicted molar refractivity (Wildman–Crippen MR) is 63.9 cm³/mol. The Kier molecular flexibility index (Phi) is 2.74. The molecular weight excluding hydrogens is 258 g/mol. The molecule has 2 rings (SSSR count). The lowest BCUT2D eigenvalue weighted by molar-refractivity contribution is 0.100. The molecule has 8 heteroatoms. The number of aliphatic imine (C=N–C) groups is 1. The lowest BCUT2D eigenvalue weighted by Gasteiger charge is -1.99. The molecule has 0 saturated carbocycles. The van der Waals surface area contributed by atoms with Crippen molar-refractivity contribution in [3.63, 3.8) is 0 Å². The molecular formula is C10H11N3O4S. The Balaban J connectivity index is 2.50. The van der Waals surface area contributed by atoms with Crippen LogP contribution in [0.5, 0.6) is 5.75 Å². The highest BCUT2D eigenvalue weighted by Gasteiger charge is 2.36. The van der Waals surface area contributed by atoms with Gasteiger partial charge in [0.05, 0.1) is 0 Å². The maximum atomic E-state index is 11.9. The molecule has 0 fully saturated rings. The van der Waals surface area contributed by atoms with Gasteiger partial charge in [-0.05, 0) is 25.1 Å². The van der Waals surface area contributed by atoms with Gasteiger partial charge in [-0.3, -0.25) is 4.79 Å². The van der Waals surface area contributed by atoms with E-state index in [2.05, 4.69) is 4.99 Å². The highest BCUT2D eigenvalue weighted by molar-refractivity contribution is 7.92. The summed E-state index contributed by atoms with van der Waals surface area (Å²) in [6.07, 6.45) is 0. The molecule has 0 aliphatic carbocycles. The first-order valence-corrected chi connectivity index (χ1v) is 6.55. The number of fused-ring (bicyclic) bond motifs is 1. The minimum Gasteiger partial charge on any atom is -0.473 e. The molecule has 0 saturated heterocycles. The van der Waals surface area contributed by atoms with E-state index in [4.69, 9.17) is 16.2 Å². The lowest BCUT2D eigenvalue weighted by atomic mass is 10.2. The maximum absolute atomic E-state index is 11.9. The summed E-state index contributed by atoms with van der Waals surface area (Å²) in [6, 6.07) is 4.02. The molecule has 1 unspecified atom stereocenters. The molecule has 1 aromatic rings. The van der Waals surface area contributed by atoms with Crippen molar-refractivity contribution in [3.8, 4) is 5.75 Å². The van der Waals surface area contributed by atoms with Gasteiger partial charge >= 0.3 is 0 Å². The highest BCUT2D eigenvalue weighted by atomic mass is 32.2. The SMILES string of the molecule is CC1Oc2ccc(C(=O)N=C(N)N)cc2S1(=O)=O. The van der Waals surface area contributed by atoms with Crippen LogP contribution in [0.3, 0.4) is 0 Å². The molecule has 1 heterocycles. The van der Waals surface area contributed by atoms with Gasteiger partial charge in [-0.25, -0.2) is 8.42 Å². The average Bonchev–Trinajstić information content (AvgIpc) is 2.49. The third-order valence-corrected chi connectivity index (χ3v) is 4.36. The van der Waals surface area contributed by atoms with Gasteiger partial charge in [0, 0.05) is 5.56 Å². The Labute approximate surface area is 103 Å². The summed E-state index contributed by atoms with van der Waals surface area (Å²) in [6.45, 7) is 1.42. The van der Waals surface area contributed by atoms with Crippen LogP contribution in [0.25, 0.3) is 0 Å². The van der Waals surface area contributed by atoms with Crippen LogP contribution in [0.1, 0.15) is 17.3 Å². The second kappa shape index (κ2) is 3.98. The number of carbonyl (C=O) groups excluding carboxylic acids is 1. The predicted octanol–water partition coefficient (Wildman–Crippen LogP) is -0.388. The van der Waals surface area contributed by atoms with Gasteiger partial charge in [0.1, 0.15) is 10.6 Å². The maximum Gasteiger partial charge on any atom is 0.280 e. The summed E-state index contributed by atoms with van der Waals surface area (Å²) < 4.78 is 28.9. The van der Waals surface area contributed by atoms with E-state index in [1.807, 2.05) is 0 Å². The average molecular weight is 269 g/mol. The number of hydrogen-bond donors (Lipinski definition) is 2. The van der Waals surface area contributed by atoms with Crippen LogP contribution in [0.4, 0.5) is 0 Å². The first-order chi connectivity index (χ1) is 8.32. The monoisotopic (exact) mass is 269 g/mol. The zero-order valence-electron chi connectivity index (χ0n) is 9.45. The Hall–Kier alpha value is -2.09.